The van der Waals surface area contributed by atoms with Gasteiger partial charge in [0.25, 0.3) is 5.91 Å². The average Bonchev–Trinajstić information content (AvgIpc) is 2.54. The molecule has 0 saturated heterocycles. The molecule has 2 aromatic rings. The minimum atomic E-state index is -0.217. The second-order valence-corrected chi connectivity index (χ2v) is 5.36. The highest BCUT2D eigenvalue weighted by molar-refractivity contribution is 5.78. The Morgan fingerprint density at radius 3 is 2.95 bits per heavy atom. The predicted molar refractivity (Wildman–Crippen MR) is 81.2 cm³/mol. The van der Waals surface area contributed by atoms with Gasteiger partial charge in [-0.05, 0) is 36.5 Å². The summed E-state index contributed by atoms with van der Waals surface area (Å²) in [6.07, 6.45) is 4.38. The molecule has 1 N–H and O–H groups in total. The Kier molecular flexibility index (Phi) is 4.23. The Morgan fingerprint density at radius 2 is 2.09 bits per heavy atom. The van der Waals surface area contributed by atoms with E-state index in [1.165, 1.54) is 23.4 Å². The number of nitrogens with one attached hydrogen (secondary N) is 1. The van der Waals surface area contributed by atoms with Crippen molar-refractivity contribution in [3.05, 3.63) is 65.0 Å². The molecule has 114 valence electrons. The molecule has 0 bridgehead atoms. The molecule has 22 heavy (non-hydrogen) atoms. The van der Waals surface area contributed by atoms with Gasteiger partial charge < -0.3 is 15.3 Å². The summed E-state index contributed by atoms with van der Waals surface area (Å²) in [5.41, 5.74) is 2.47. The van der Waals surface area contributed by atoms with Gasteiger partial charge in [-0.1, -0.05) is 24.3 Å². The van der Waals surface area contributed by atoms with E-state index in [9.17, 15) is 10.0 Å². The number of carbonyl (C=O) groups is 1. The van der Waals surface area contributed by atoms with E-state index < -0.39 is 0 Å². The fourth-order valence-corrected chi connectivity index (χ4v) is 2.80. The quantitative estimate of drug-likeness (QED) is 0.692. The van der Waals surface area contributed by atoms with Crippen LogP contribution in [0.5, 0.6) is 5.88 Å². The molecule has 5 heteroatoms. The Balaban J connectivity index is 1.60. The maximum Gasteiger partial charge on any atom is 0.379 e. The van der Waals surface area contributed by atoms with E-state index >= 15 is 0 Å². The molecule has 0 unspecified atom stereocenters. The number of pyridine rings is 1. The lowest BCUT2D eigenvalue weighted by atomic mass is 9.88. The van der Waals surface area contributed by atoms with Gasteiger partial charge in [0.1, 0.15) is 0 Å². The average molecular weight is 298 g/mol. The number of nitrogens with zero attached hydrogens (tertiary/aromatic N) is 1. The minimum Gasteiger partial charge on any atom is -0.616 e. The third-order valence-electron chi connectivity index (χ3n) is 3.84. The highest BCUT2D eigenvalue weighted by atomic mass is 16.6. The summed E-state index contributed by atoms with van der Waals surface area (Å²) in [6, 6.07) is 13.0. The van der Waals surface area contributed by atoms with Gasteiger partial charge in [-0.25, -0.2) is 0 Å². The maximum absolute atomic E-state index is 12.1. The molecule has 0 aliphatic heterocycles. The normalized spacial score (nSPS) is 16.6. The van der Waals surface area contributed by atoms with Crippen LogP contribution in [0.1, 0.15) is 30.0 Å². The Morgan fingerprint density at radius 1 is 1.27 bits per heavy atom. The Hall–Kier alpha value is -2.56. The lowest BCUT2D eigenvalue weighted by Gasteiger charge is -2.26. The van der Waals surface area contributed by atoms with Crippen molar-refractivity contribution in [2.45, 2.75) is 25.3 Å². The van der Waals surface area contributed by atoms with Crippen LogP contribution in [0.2, 0.25) is 0 Å². The van der Waals surface area contributed by atoms with E-state index in [0.717, 1.165) is 19.3 Å². The topological polar surface area (TPSA) is 65.3 Å². The van der Waals surface area contributed by atoms with E-state index in [2.05, 4.69) is 17.4 Å². The van der Waals surface area contributed by atoms with Gasteiger partial charge in [0.15, 0.2) is 12.8 Å². The molecule has 0 radical (unpaired) electrons. The smallest absolute Gasteiger partial charge is 0.379 e. The number of amides is 1. The lowest BCUT2D eigenvalue weighted by Crippen LogP contribution is -2.36. The van der Waals surface area contributed by atoms with Crippen molar-refractivity contribution in [2.24, 2.45) is 0 Å². The molecule has 1 heterocycles. The van der Waals surface area contributed by atoms with Crippen molar-refractivity contribution in [2.75, 3.05) is 6.61 Å². The van der Waals surface area contributed by atoms with Gasteiger partial charge in [0.05, 0.1) is 12.1 Å². The van der Waals surface area contributed by atoms with E-state index in [0.29, 0.717) is 4.73 Å². The highest BCUT2D eigenvalue weighted by Crippen LogP contribution is 2.29. The maximum atomic E-state index is 12.1. The van der Waals surface area contributed by atoms with Crippen LogP contribution in [0, 0.1) is 5.21 Å². The van der Waals surface area contributed by atoms with Crippen LogP contribution in [-0.2, 0) is 11.2 Å². The van der Waals surface area contributed by atoms with E-state index in [4.69, 9.17) is 4.74 Å². The first-order chi connectivity index (χ1) is 10.7. The van der Waals surface area contributed by atoms with Crippen molar-refractivity contribution in [1.29, 1.82) is 0 Å². The summed E-state index contributed by atoms with van der Waals surface area (Å²) >= 11 is 0. The summed E-state index contributed by atoms with van der Waals surface area (Å²) in [6.45, 7) is -0.162. The monoisotopic (exact) mass is 298 g/mol. The standard InChI is InChI=1S/C17H18N2O3/c20-16(12-22-17-10-3-4-11-19(17)21)18-15-9-5-7-13-6-1-2-8-14(13)15/h1-4,6,8,10-11,15H,5,7,9,12H2,(H,18,20)/t15-/m0/s1. The molecule has 3 rings (SSSR count). The van der Waals surface area contributed by atoms with Crippen LogP contribution in [0.15, 0.2) is 48.7 Å². The molecule has 0 saturated carbocycles. The highest BCUT2D eigenvalue weighted by Gasteiger charge is 2.21. The summed E-state index contributed by atoms with van der Waals surface area (Å²) in [7, 11) is 0. The first-order valence-corrected chi connectivity index (χ1v) is 7.42. The minimum absolute atomic E-state index is 0.0243. The van der Waals surface area contributed by atoms with Crippen molar-refractivity contribution in [3.8, 4) is 5.88 Å². The SMILES string of the molecule is O=C(COc1cccc[n+]1[O-])N[C@H]1CCCc2ccccc21. The van der Waals surface area contributed by atoms with Crippen LogP contribution in [0.3, 0.4) is 0 Å². The van der Waals surface area contributed by atoms with Crippen LogP contribution in [-0.4, -0.2) is 12.5 Å². The number of carbonyl (C=O) groups excluding carboxylic acids is 1. The van der Waals surface area contributed by atoms with Gasteiger partial charge >= 0.3 is 5.88 Å². The van der Waals surface area contributed by atoms with E-state index in [1.807, 2.05) is 12.1 Å². The van der Waals surface area contributed by atoms with Crippen LogP contribution < -0.4 is 14.8 Å². The third kappa shape index (κ3) is 3.19. The number of fused-ring (bicyclic) bond motifs is 1. The molecule has 1 aliphatic rings. The number of ether oxygens (including phenoxy) is 1. The number of aryl methyl sites for hydroxylation is 1. The number of benzene rings is 1. The van der Waals surface area contributed by atoms with Gasteiger partial charge in [-0.2, -0.15) is 0 Å². The Labute approximate surface area is 129 Å². The van der Waals surface area contributed by atoms with E-state index in [-0.39, 0.29) is 24.4 Å². The molecule has 1 aromatic heterocycles. The zero-order valence-electron chi connectivity index (χ0n) is 12.2. The van der Waals surface area contributed by atoms with Crippen molar-refractivity contribution in [3.63, 3.8) is 0 Å². The molecule has 0 spiro atoms. The summed E-state index contributed by atoms with van der Waals surface area (Å²) < 4.78 is 5.87. The number of rotatable bonds is 4. The second-order valence-electron chi connectivity index (χ2n) is 5.36. The molecular weight excluding hydrogens is 280 g/mol. The Bertz CT molecular complexity index is 672. The first-order valence-electron chi connectivity index (χ1n) is 7.42. The molecule has 1 atom stereocenters. The molecular formula is C17H18N2O3. The van der Waals surface area contributed by atoms with Crippen LogP contribution in [0.25, 0.3) is 0 Å². The summed E-state index contributed by atoms with van der Waals surface area (Å²) in [4.78, 5) is 12.1. The summed E-state index contributed by atoms with van der Waals surface area (Å²) in [5, 5.41) is 14.4. The molecule has 1 aliphatic carbocycles. The van der Waals surface area contributed by atoms with Gasteiger partial charge in [-0.15, -0.1) is 4.73 Å². The fraction of sp³-hybridized carbons (Fsp3) is 0.294. The first kappa shape index (κ1) is 14.4. The lowest BCUT2D eigenvalue weighted by molar-refractivity contribution is -0.612. The molecule has 5 nitrogen and oxygen atoms in total. The largest absolute Gasteiger partial charge is 0.616 e. The third-order valence-corrected chi connectivity index (χ3v) is 3.84. The zero-order valence-corrected chi connectivity index (χ0v) is 12.2. The number of hydrogen-bond donors (Lipinski definition) is 1. The zero-order chi connectivity index (χ0) is 15.4. The predicted octanol–water partition coefficient (Wildman–Crippen LogP) is 1.89. The van der Waals surface area contributed by atoms with Crippen LogP contribution >= 0.6 is 0 Å². The van der Waals surface area contributed by atoms with Gasteiger partial charge in [0, 0.05) is 6.07 Å². The van der Waals surface area contributed by atoms with Crippen LogP contribution in [0.4, 0.5) is 0 Å². The van der Waals surface area contributed by atoms with E-state index in [1.54, 1.807) is 12.1 Å². The molecule has 1 amide bonds. The fourth-order valence-electron chi connectivity index (χ4n) is 2.80. The number of aromatic nitrogens is 1. The van der Waals surface area contributed by atoms with Crippen molar-refractivity contribution >= 4 is 5.91 Å². The van der Waals surface area contributed by atoms with Crippen molar-refractivity contribution in [1.82, 2.24) is 5.32 Å². The molecule has 0 fully saturated rings. The van der Waals surface area contributed by atoms with Crippen molar-refractivity contribution < 1.29 is 14.3 Å². The van der Waals surface area contributed by atoms with Gasteiger partial charge in [-0.3, -0.25) is 4.79 Å². The summed E-state index contributed by atoms with van der Waals surface area (Å²) in [5.74, 6) is -0.0905. The second kappa shape index (κ2) is 6.47. The number of hydrogen-bond acceptors (Lipinski definition) is 3. The van der Waals surface area contributed by atoms with Gasteiger partial charge in [0.2, 0.25) is 0 Å². The molecule has 1 aromatic carbocycles.